The third kappa shape index (κ3) is 2.16. The molecule has 0 amide bonds. The number of benzene rings is 3. The normalized spacial score (nSPS) is 23.8. The van der Waals surface area contributed by atoms with Gasteiger partial charge in [-0.05, 0) is 22.9 Å². The number of fused-ring (bicyclic) bond motifs is 5. The van der Waals surface area contributed by atoms with Gasteiger partial charge >= 0.3 is 7.12 Å². The first-order chi connectivity index (χ1) is 16.1. The molecule has 1 saturated heterocycles. The minimum absolute atomic E-state index is 0.154. The van der Waals surface area contributed by atoms with Gasteiger partial charge in [0, 0.05) is 43.9 Å². The highest BCUT2D eigenvalue weighted by molar-refractivity contribution is 6.62. The molecule has 1 aromatic heterocycles. The smallest absolute Gasteiger partial charge is 0.455 e. The molecule has 0 unspecified atom stereocenters. The lowest BCUT2D eigenvalue weighted by atomic mass is 9.78. The van der Waals surface area contributed by atoms with Gasteiger partial charge in [-0.15, -0.1) is 0 Å². The Labute approximate surface area is 165 Å². The molecule has 3 aromatic carbocycles. The van der Waals surface area contributed by atoms with Gasteiger partial charge in [-0.2, -0.15) is 0 Å². The van der Waals surface area contributed by atoms with Crippen LogP contribution in [-0.4, -0.2) is 18.3 Å². The molecule has 0 N–H and O–H groups in total. The lowest BCUT2D eigenvalue weighted by Crippen LogP contribution is -2.43. The molecular formula is C22H13BO3. The van der Waals surface area contributed by atoms with Crippen LogP contribution in [0.25, 0.3) is 32.7 Å². The summed E-state index contributed by atoms with van der Waals surface area (Å²) in [6.45, 7) is 22.9. The molecule has 1 aliphatic rings. The van der Waals surface area contributed by atoms with E-state index < -0.39 is 72.7 Å². The second-order valence-electron chi connectivity index (χ2n) is 5.95. The maximum Gasteiger partial charge on any atom is 0.494 e. The molecule has 1 aliphatic heterocycles. The number of hydrogen-bond acceptors (Lipinski definition) is 3. The summed E-state index contributed by atoms with van der Waals surface area (Å²) in [4.78, 5) is 0. The number of hydrogen-bond donors (Lipinski definition) is 0. The summed E-state index contributed by atoms with van der Waals surface area (Å²) in [7, 11) is -1.62. The monoisotopic (exact) mass is 345 g/mol. The Hall–Kier alpha value is -2.30. The zero-order valence-electron chi connectivity index (χ0n) is 22.1. The van der Waals surface area contributed by atoms with Gasteiger partial charge in [0.15, 0.2) is 0 Å². The van der Waals surface area contributed by atoms with Crippen LogP contribution in [0.15, 0.2) is 58.8 Å². The molecule has 5 rings (SSSR count). The SMILES string of the molecule is [2H]c1c(B2OC([CH])([CH])C([CH])([CH])O2)c([2H])c2c(oc3c4c([2H])c([2H])c([2H])c([2H])c4c([2H])c([2H])c32)c1[2H]. The summed E-state index contributed by atoms with van der Waals surface area (Å²) < 4.78 is 91.5. The van der Waals surface area contributed by atoms with Gasteiger partial charge in [0.05, 0.1) is 23.5 Å². The molecule has 0 aliphatic carbocycles. The average Bonchev–Trinajstić information content (AvgIpc) is 3.26. The van der Waals surface area contributed by atoms with Crippen molar-refractivity contribution in [2.24, 2.45) is 0 Å². The Balaban J connectivity index is 1.97. The van der Waals surface area contributed by atoms with E-state index in [0.29, 0.717) is 0 Å². The Morgan fingerprint density at radius 1 is 0.808 bits per heavy atom. The van der Waals surface area contributed by atoms with E-state index in [-0.39, 0.29) is 38.2 Å². The van der Waals surface area contributed by atoms with Crippen molar-refractivity contribution in [1.29, 1.82) is 0 Å². The van der Waals surface area contributed by atoms with E-state index in [9.17, 15) is 0 Å². The summed E-state index contributed by atoms with van der Waals surface area (Å²) in [6.07, 6.45) is 0. The average molecular weight is 345 g/mol. The quantitative estimate of drug-likeness (QED) is 0.492. The van der Waals surface area contributed by atoms with Crippen LogP contribution in [0, 0.1) is 27.7 Å². The van der Waals surface area contributed by atoms with E-state index >= 15 is 0 Å². The molecule has 0 spiro atoms. The van der Waals surface area contributed by atoms with Gasteiger partial charge in [-0.1, -0.05) is 42.3 Å². The van der Waals surface area contributed by atoms with Crippen LogP contribution in [-0.2, 0) is 9.31 Å². The van der Waals surface area contributed by atoms with E-state index in [1.54, 1.807) is 0 Å². The molecule has 0 atom stereocenters. The first-order valence-corrected chi connectivity index (χ1v) is 7.48. The fraction of sp³-hybridized carbons (Fsp3) is 0.0909. The van der Waals surface area contributed by atoms with E-state index in [1.165, 1.54) is 0 Å². The third-order valence-electron chi connectivity index (χ3n) is 4.16. The van der Waals surface area contributed by atoms with E-state index in [4.69, 9.17) is 53.8 Å². The van der Waals surface area contributed by atoms with Gasteiger partial charge in [-0.3, -0.25) is 0 Å². The van der Waals surface area contributed by atoms with Crippen molar-refractivity contribution in [3.05, 3.63) is 82.1 Å². The van der Waals surface area contributed by atoms with Crippen LogP contribution < -0.4 is 5.46 Å². The molecule has 1 fully saturated rings. The van der Waals surface area contributed by atoms with Crippen molar-refractivity contribution in [3.8, 4) is 0 Å². The molecule has 8 radical (unpaired) electrons. The lowest BCUT2D eigenvalue weighted by Gasteiger charge is -2.30. The fourth-order valence-electron chi connectivity index (χ4n) is 2.72. The van der Waals surface area contributed by atoms with E-state index in [1.807, 2.05) is 0 Å². The Morgan fingerprint density at radius 3 is 2.31 bits per heavy atom. The van der Waals surface area contributed by atoms with Crippen molar-refractivity contribution in [1.82, 2.24) is 0 Å². The summed E-state index contributed by atoms with van der Waals surface area (Å²) in [5, 5.41) is -0.748. The largest absolute Gasteiger partial charge is 0.494 e. The number of furan rings is 1. The fourth-order valence-corrected chi connectivity index (χ4v) is 2.72. The van der Waals surface area contributed by atoms with Crippen LogP contribution in [0.3, 0.4) is 0 Å². The molecule has 4 aromatic rings. The Morgan fingerprint density at radius 2 is 1.54 bits per heavy atom. The van der Waals surface area contributed by atoms with E-state index in [2.05, 4.69) is 0 Å². The van der Waals surface area contributed by atoms with Crippen molar-refractivity contribution >= 4 is 45.3 Å². The zero-order chi connectivity index (χ0) is 25.9. The highest BCUT2D eigenvalue weighted by atomic mass is 16.7. The second kappa shape index (κ2) is 5.12. The van der Waals surface area contributed by atoms with Crippen molar-refractivity contribution in [3.63, 3.8) is 0 Å². The standard InChI is InChI=1S/C22H13BO3/c1-21(2)22(3,4)26-23(25-21)15-10-12-19-18(13-15)17-11-9-14-7-5-6-8-16(14)20(17)24-19/h1-13H/i5D,6D,7D,8D,9D,10D,11D,12D,13D. The van der Waals surface area contributed by atoms with E-state index in [0.717, 1.165) is 0 Å². The van der Waals surface area contributed by atoms with Gasteiger partial charge in [0.25, 0.3) is 0 Å². The summed E-state index contributed by atoms with van der Waals surface area (Å²) in [5.41, 5.74) is -5.28. The molecule has 4 heteroatoms. The van der Waals surface area contributed by atoms with Crippen LogP contribution in [0.1, 0.15) is 12.3 Å². The minimum Gasteiger partial charge on any atom is -0.455 e. The molecule has 2 heterocycles. The molecule has 3 nitrogen and oxygen atoms in total. The van der Waals surface area contributed by atoms with Crippen LogP contribution in [0.5, 0.6) is 0 Å². The van der Waals surface area contributed by atoms with Crippen LogP contribution in [0.4, 0.5) is 0 Å². The molecule has 0 saturated carbocycles. The topological polar surface area (TPSA) is 31.6 Å². The maximum absolute atomic E-state index is 8.76. The predicted molar refractivity (Wildman–Crippen MR) is 101 cm³/mol. The predicted octanol–water partition coefficient (Wildman–Crippen LogP) is 3.80. The van der Waals surface area contributed by atoms with Crippen molar-refractivity contribution in [2.75, 3.05) is 0 Å². The molecule has 26 heavy (non-hydrogen) atoms. The van der Waals surface area contributed by atoms with Gasteiger partial charge in [0.1, 0.15) is 11.2 Å². The molecule has 0 bridgehead atoms. The molecular weight excluding hydrogens is 323 g/mol. The summed E-state index contributed by atoms with van der Waals surface area (Å²) in [6, 6.07) is -4.83. The van der Waals surface area contributed by atoms with Crippen molar-refractivity contribution in [2.45, 2.75) is 11.2 Å². The first kappa shape index (κ1) is 9.07. The van der Waals surface area contributed by atoms with Crippen molar-refractivity contribution < 1.29 is 26.1 Å². The Bertz CT molecular complexity index is 1590. The summed E-state index contributed by atoms with van der Waals surface area (Å²) in [5.74, 6) is 0. The van der Waals surface area contributed by atoms with Gasteiger partial charge < -0.3 is 13.7 Å². The van der Waals surface area contributed by atoms with Crippen LogP contribution >= 0.6 is 0 Å². The third-order valence-corrected chi connectivity index (χ3v) is 4.16. The minimum atomic E-state index is -2.21. The highest BCUT2D eigenvalue weighted by Gasteiger charge is 2.52. The zero-order valence-corrected chi connectivity index (χ0v) is 13.1. The number of rotatable bonds is 1. The Kier molecular flexibility index (Phi) is 1.79. The highest BCUT2D eigenvalue weighted by Crippen LogP contribution is 2.37. The lowest BCUT2D eigenvalue weighted by molar-refractivity contribution is 0.0917. The van der Waals surface area contributed by atoms with Gasteiger partial charge in [0.2, 0.25) is 0 Å². The van der Waals surface area contributed by atoms with Gasteiger partial charge in [-0.25, -0.2) is 0 Å². The maximum atomic E-state index is 8.76. The second-order valence-corrected chi connectivity index (χ2v) is 5.95. The summed E-state index contributed by atoms with van der Waals surface area (Å²) >= 11 is 0. The van der Waals surface area contributed by atoms with Crippen LogP contribution in [0.2, 0.25) is 0 Å². The molecule has 122 valence electrons. The first-order valence-electron chi connectivity index (χ1n) is 12.0.